The van der Waals surface area contributed by atoms with E-state index in [4.69, 9.17) is 11.6 Å². The second-order valence-corrected chi connectivity index (χ2v) is 9.51. The van der Waals surface area contributed by atoms with Crippen LogP contribution in [0.3, 0.4) is 0 Å². The maximum absolute atomic E-state index is 13.3. The minimum absolute atomic E-state index is 0.0246. The Morgan fingerprint density at radius 1 is 0.931 bits per heavy atom. The minimum Gasteiger partial charge on any atom is -0.272 e. The number of hydrogen-bond acceptors (Lipinski definition) is 4. The lowest BCUT2D eigenvalue weighted by Gasteiger charge is -2.23. The van der Waals surface area contributed by atoms with Gasteiger partial charge in [-0.05, 0) is 60.5 Å². The molecular weight excluding hydrogens is 426 g/mol. The Hall–Kier alpha value is -2.28. The summed E-state index contributed by atoms with van der Waals surface area (Å²) >= 11 is 7.16. The van der Waals surface area contributed by atoms with Crippen molar-refractivity contribution in [3.63, 3.8) is 0 Å². The molecule has 0 bridgehead atoms. The molecule has 3 aromatic rings. The molecule has 29 heavy (non-hydrogen) atoms. The molecule has 150 valence electrons. The zero-order valence-electron chi connectivity index (χ0n) is 15.8. The van der Waals surface area contributed by atoms with Crippen molar-refractivity contribution in [3.05, 3.63) is 89.4 Å². The van der Waals surface area contributed by atoms with E-state index in [2.05, 4.69) is 0 Å². The van der Waals surface area contributed by atoms with E-state index in [0.717, 1.165) is 21.2 Å². The highest BCUT2D eigenvalue weighted by Crippen LogP contribution is 2.27. The Kier molecular flexibility index (Phi) is 7.00. The van der Waals surface area contributed by atoms with Gasteiger partial charge < -0.3 is 0 Å². The molecule has 1 amide bonds. The molecular formula is C22H20ClNO3S2. The van der Waals surface area contributed by atoms with Gasteiger partial charge in [0.2, 0.25) is 0 Å². The summed E-state index contributed by atoms with van der Waals surface area (Å²) in [6, 6.07) is 22.1. The molecule has 0 unspecified atom stereocenters. The van der Waals surface area contributed by atoms with Crippen molar-refractivity contribution in [2.24, 2.45) is 0 Å². The van der Waals surface area contributed by atoms with Crippen LogP contribution in [0.4, 0.5) is 5.69 Å². The average Bonchev–Trinajstić information content (AvgIpc) is 2.74. The molecule has 0 radical (unpaired) electrons. The third kappa shape index (κ3) is 5.21. The monoisotopic (exact) mass is 445 g/mol. The van der Waals surface area contributed by atoms with Crippen molar-refractivity contribution in [2.45, 2.75) is 23.1 Å². The van der Waals surface area contributed by atoms with E-state index >= 15 is 0 Å². The van der Waals surface area contributed by atoms with Crippen LogP contribution in [-0.4, -0.2) is 20.1 Å². The average molecular weight is 446 g/mol. The van der Waals surface area contributed by atoms with Gasteiger partial charge >= 0.3 is 0 Å². The van der Waals surface area contributed by atoms with Gasteiger partial charge in [-0.15, -0.1) is 11.8 Å². The molecule has 0 saturated heterocycles. The number of thioether (sulfide) groups is 1. The highest BCUT2D eigenvalue weighted by molar-refractivity contribution is 8.00. The normalized spacial score (nSPS) is 11.2. The number of hydrogen-bond donors (Lipinski definition) is 0. The Balaban J connectivity index is 1.93. The fraction of sp³-hybridized carbons (Fsp3) is 0.136. The molecule has 0 atom stereocenters. The summed E-state index contributed by atoms with van der Waals surface area (Å²) in [4.78, 5) is 14.0. The lowest BCUT2D eigenvalue weighted by atomic mass is 10.1. The predicted molar refractivity (Wildman–Crippen MR) is 119 cm³/mol. The first-order valence-corrected chi connectivity index (χ1v) is 11.8. The number of benzene rings is 3. The van der Waals surface area contributed by atoms with Crippen molar-refractivity contribution >= 4 is 45.0 Å². The van der Waals surface area contributed by atoms with Gasteiger partial charge in [-0.25, -0.2) is 12.7 Å². The fourth-order valence-electron chi connectivity index (χ4n) is 2.72. The van der Waals surface area contributed by atoms with E-state index in [1.54, 1.807) is 54.6 Å². The zero-order valence-corrected chi connectivity index (χ0v) is 18.2. The Bertz CT molecular complexity index is 1070. The molecule has 0 aromatic heterocycles. The van der Waals surface area contributed by atoms with E-state index < -0.39 is 15.9 Å². The smallest absolute Gasteiger partial charge is 0.270 e. The predicted octanol–water partition coefficient (Wildman–Crippen LogP) is 5.42. The van der Waals surface area contributed by atoms with Gasteiger partial charge in [-0.1, -0.05) is 48.9 Å². The molecule has 4 nitrogen and oxygen atoms in total. The topological polar surface area (TPSA) is 54.5 Å². The molecule has 7 heteroatoms. The van der Waals surface area contributed by atoms with Crippen molar-refractivity contribution in [1.29, 1.82) is 0 Å². The molecule has 0 spiro atoms. The molecule has 0 saturated carbocycles. The number of sulfonamides is 1. The van der Waals surface area contributed by atoms with Crippen LogP contribution in [0.25, 0.3) is 0 Å². The summed E-state index contributed by atoms with van der Waals surface area (Å²) in [5.74, 6) is -0.540. The lowest BCUT2D eigenvalue weighted by molar-refractivity contribution is -0.115. The number of rotatable bonds is 7. The first-order chi connectivity index (χ1) is 13.9. The molecule has 0 aliphatic carbocycles. The SMILES string of the molecule is CCc1ccc(N(C(=O)CSc2ccc(Cl)cc2)S(=O)(=O)c2ccccc2)cc1. The summed E-state index contributed by atoms with van der Waals surface area (Å²) in [5, 5.41) is 0.602. The summed E-state index contributed by atoms with van der Waals surface area (Å²) in [6.07, 6.45) is 0.825. The number of amides is 1. The van der Waals surface area contributed by atoms with E-state index in [-0.39, 0.29) is 10.6 Å². The molecule has 0 fully saturated rings. The summed E-state index contributed by atoms with van der Waals surface area (Å²) in [7, 11) is -4.03. The highest BCUT2D eigenvalue weighted by Gasteiger charge is 2.30. The van der Waals surface area contributed by atoms with Gasteiger partial charge in [0.25, 0.3) is 15.9 Å². The number of carbonyl (C=O) groups is 1. The molecule has 0 aliphatic heterocycles. The summed E-state index contributed by atoms with van der Waals surface area (Å²) in [5.41, 5.74) is 1.39. The van der Waals surface area contributed by atoms with Crippen LogP contribution >= 0.6 is 23.4 Å². The van der Waals surface area contributed by atoms with Crippen molar-refractivity contribution in [3.8, 4) is 0 Å². The quantitative estimate of drug-likeness (QED) is 0.456. The van der Waals surface area contributed by atoms with Crippen molar-refractivity contribution < 1.29 is 13.2 Å². The summed E-state index contributed by atoms with van der Waals surface area (Å²) < 4.78 is 27.4. The zero-order chi connectivity index (χ0) is 20.9. The van der Waals surface area contributed by atoms with Crippen LogP contribution in [0.15, 0.2) is 88.7 Å². The van der Waals surface area contributed by atoms with Crippen LogP contribution < -0.4 is 4.31 Å². The van der Waals surface area contributed by atoms with Crippen LogP contribution in [0.1, 0.15) is 12.5 Å². The standard InChI is InChI=1S/C22H20ClNO3S2/c1-2-17-8-12-19(13-9-17)24(29(26,27)21-6-4-3-5-7-21)22(25)16-28-20-14-10-18(23)11-15-20/h3-15H,2,16H2,1H3. The maximum Gasteiger partial charge on any atom is 0.270 e. The number of nitrogens with zero attached hydrogens (tertiary/aromatic N) is 1. The van der Waals surface area contributed by atoms with E-state index in [9.17, 15) is 13.2 Å². The first-order valence-electron chi connectivity index (χ1n) is 9.02. The first kappa shape index (κ1) is 21.4. The van der Waals surface area contributed by atoms with Crippen LogP contribution in [-0.2, 0) is 21.2 Å². The number of halogens is 1. The number of carbonyl (C=O) groups excluding carboxylic acids is 1. The van der Waals surface area contributed by atoms with E-state index in [0.29, 0.717) is 10.7 Å². The maximum atomic E-state index is 13.3. The third-order valence-electron chi connectivity index (χ3n) is 4.26. The van der Waals surface area contributed by atoms with Crippen LogP contribution in [0.5, 0.6) is 0 Å². The summed E-state index contributed by atoms with van der Waals surface area (Å²) in [6.45, 7) is 2.02. The fourth-order valence-corrected chi connectivity index (χ4v) is 5.12. The Morgan fingerprint density at radius 2 is 1.55 bits per heavy atom. The van der Waals surface area contributed by atoms with Crippen LogP contribution in [0, 0.1) is 0 Å². The second kappa shape index (κ2) is 9.48. The molecule has 3 rings (SSSR count). The van der Waals surface area contributed by atoms with Gasteiger partial charge in [-0.3, -0.25) is 4.79 Å². The van der Waals surface area contributed by atoms with Gasteiger partial charge in [0.15, 0.2) is 0 Å². The van der Waals surface area contributed by atoms with Gasteiger partial charge in [0.1, 0.15) is 0 Å². The lowest BCUT2D eigenvalue weighted by Crippen LogP contribution is -2.38. The van der Waals surface area contributed by atoms with E-state index in [1.807, 2.05) is 19.1 Å². The molecule has 3 aromatic carbocycles. The third-order valence-corrected chi connectivity index (χ3v) is 7.27. The molecule has 0 N–H and O–H groups in total. The highest BCUT2D eigenvalue weighted by atomic mass is 35.5. The van der Waals surface area contributed by atoms with Gasteiger partial charge in [-0.2, -0.15) is 0 Å². The Morgan fingerprint density at radius 3 is 2.14 bits per heavy atom. The number of anilines is 1. The second-order valence-electron chi connectivity index (χ2n) is 6.24. The van der Waals surface area contributed by atoms with Crippen molar-refractivity contribution in [1.82, 2.24) is 0 Å². The largest absolute Gasteiger partial charge is 0.272 e. The molecule has 0 heterocycles. The number of aryl methyl sites for hydroxylation is 1. The Labute approximate surface area is 180 Å². The van der Waals surface area contributed by atoms with Crippen LogP contribution in [0.2, 0.25) is 5.02 Å². The van der Waals surface area contributed by atoms with Gasteiger partial charge in [0.05, 0.1) is 16.3 Å². The van der Waals surface area contributed by atoms with Crippen molar-refractivity contribution in [2.75, 3.05) is 10.1 Å². The molecule has 0 aliphatic rings. The van der Waals surface area contributed by atoms with E-state index in [1.165, 1.54) is 23.9 Å². The van der Waals surface area contributed by atoms with Gasteiger partial charge in [0, 0.05) is 9.92 Å². The minimum atomic E-state index is -4.03.